The summed E-state index contributed by atoms with van der Waals surface area (Å²) < 4.78 is 40.6. The molecule has 2 aromatic rings. The minimum Gasteiger partial charge on any atom is -0.383 e. The van der Waals surface area contributed by atoms with Crippen molar-refractivity contribution in [3.05, 3.63) is 88.6 Å². The average molecular weight is 566 g/mol. The van der Waals surface area contributed by atoms with Gasteiger partial charge in [0.05, 0.1) is 17.5 Å². The van der Waals surface area contributed by atoms with Crippen LogP contribution in [-0.4, -0.2) is 35.3 Å². The molecular weight excluding hydrogens is 527 g/mol. The van der Waals surface area contributed by atoms with Crippen LogP contribution in [0.4, 0.5) is 18.9 Å². The van der Waals surface area contributed by atoms with Crippen molar-refractivity contribution in [3.63, 3.8) is 0 Å². The number of hydrogen-bond acceptors (Lipinski definition) is 3. The number of carbonyl (C=O) groups is 2. The van der Waals surface area contributed by atoms with Gasteiger partial charge in [0.15, 0.2) is 0 Å². The molecule has 2 aliphatic carbocycles. The Labute approximate surface area is 239 Å². The van der Waals surface area contributed by atoms with Crippen LogP contribution in [-0.2, 0) is 11.0 Å². The molecule has 41 heavy (non-hydrogen) atoms. The van der Waals surface area contributed by atoms with Gasteiger partial charge in [-0.1, -0.05) is 49.3 Å². The van der Waals surface area contributed by atoms with E-state index in [4.69, 9.17) is 0 Å². The molecule has 0 radical (unpaired) electrons. The number of anilines is 1. The third kappa shape index (κ3) is 6.52. The van der Waals surface area contributed by atoms with Crippen LogP contribution in [0.2, 0.25) is 0 Å². The van der Waals surface area contributed by atoms with Gasteiger partial charge in [-0.3, -0.25) is 9.59 Å². The lowest BCUT2D eigenvalue weighted by Crippen LogP contribution is -2.55. The van der Waals surface area contributed by atoms with Crippen LogP contribution >= 0.6 is 0 Å². The SMILES string of the molecule is Cc1ccccc1C(=O)N1CCC[C@H](C(=O)Nc2ccc(C)c(C(F)(F)F)c2)[C@@H]1C1C=CC(NC2CCCC2)=CC1. The first-order chi connectivity index (χ1) is 19.6. The molecule has 2 amide bonds. The van der Waals surface area contributed by atoms with E-state index < -0.39 is 23.7 Å². The number of hydrogen-bond donors (Lipinski definition) is 2. The Hall–Kier alpha value is -3.55. The highest BCUT2D eigenvalue weighted by Gasteiger charge is 2.43. The second kappa shape index (κ2) is 12.1. The van der Waals surface area contributed by atoms with Gasteiger partial charge in [-0.2, -0.15) is 13.2 Å². The molecule has 1 heterocycles. The maximum absolute atomic E-state index is 13.9. The maximum Gasteiger partial charge on any atom is 0.416 e. The third-order valence-electron chi connectivity index (χ3n) is 8.77. The summed E-state index contributed by atoms with van der Waals surface area (Å²) in [6.45, 7) is 3.82. The van der Waals surface area contributed by atoms with Gasteiger partial charge < -0.3 is 15.5 Å². The predicted octanol–water partition coefficient (Wildman–Crippen LogP) is 7.17. The molecular formula is C33H38F3N3O2. The van der Waals surface area contributed by atoms with Gasteiger partial charge in [0.1, 0.15) is 0 Å². The standard InChI is InChI=1S/C33H38F3N3O2/c1-21-8-3-6-11-27(21)32(41)39-19-7-12-28(31(40)38-26-16-13-22(2)29(20-26)33(34,35)36)30(39)23-14-17-25(18-15-23)37-24-9-4-5-10-24/h3,6,8,11,13-14,16-18,20,23-24,28,30,37H,4-5,7,9-10,12,15,19H2,1-2H3,(H,38,40)/t23?,28-,30-/m0/s1. The molecule has 1 saturated heterocycles. The zero-order valence-corrected chi connectivity index (χ0v) is 23.6. The van der Waals surface area contributed by atoms with Gasteiger partial charge in [0.2, 0.25) is 5.91 Å². The Morgan fingerprint density at radius 3 is 2.39 bits per heavy atom. The number of piperidine rings is 1. The topological polar surface area (TPSA) is 61.4 Å². The van der Waals surface area contributed by atoms with Gasteiger partial charge in [-0.25, -0.2) is 0 Å². The Morgan fingerprint density at radius 1 is 0.951 bits per heavy atom. The normalized spacial score (nSPS) is 23.3. The fraction of sp³-hybridized carbons (Fsp3) is 0.455. The van der Waals surface area contributed by atoms with Crippen LogP contribution in [0.5, 0.6) is 0 Å². The minimum absolute atomic E-state index is 0.0993. The molecule has 2 aromatic carbocycles. The summed E-state index contributed by atoms with van der Waals surface area (Å²) in [7, 11) is 0. The van der Waals surface area contributed by atoms with Gasteiger partial charge >= 0.3 is 6.18 Å². The molecule has 1 unspecified atom stereocenters. The molecule has 5 nitrogen and oxygen atoms in total. The van der Waals surface area contributed by atoms with Crippen LogP contribution in [0, 0.1) is 25.7 Å². The largest absolute Gasteiger partial charge is 0.416 e. The van der Waals surface area contributed by atoms with Crippen molar-refractivity contribution in [2.45, 2.75) is 77.1 Å². The van der Waals surface area contributed by atoms with Crippen molar-refractivity contribution in [2.75, 3.05) is 11.9 Å². The molecule has 1 saturated carbocycles. The molecule has 2 fully saturated rings. The van der Waals surface area contributed by atoms with E-state index in [1.807, 2.05) is 36.1 Å². The molecule has 0 spiro atoms. The van der Waals surface area contributed by atoms with Crippen LogP contribution in [0.25, 0.3) is 0 Å². The van der Waals surface area contributed by atoms with Crippen LogP contribution < -0.4 is 10.6 Å². The fourth-order valence-electron chi connectivity index (χ4n) is 6.58. The molecule has 3 atom stereocenters. The van der Waals surface area contributed by atoms with Crippen molar-refractivity contribution in [3.8, 4) is 0 Å². The fourth-order valence-corrected chi connectivity index (χ4v) is 6.58. The number of allylic oxidation sites excluding steroid dienone is 2. The van der Waals surface area contributed by atoms with Crippen molar-refractivity contribution in [2.24, 2.45) is 11.8 Å². The Balaban J connectivity index is 1.41. The smallest absolute Gasteiger partial charge is 0.383 e. The summed E-state index contributed by atoms with van der Waals surface area (Å²) in [5, 5.41) is 6.38. The lowest BCUT2D eigenvalue weighted by Gasteiger charge is -2.44. The first-order valence-corrected chi connectivity index (χ1v) is 14.6. The van der Waals surface area contributed by atoms with Crippen LogP contribution in [0.1, 0.15) is 72.0 Å². The number of nitrogens with one attached hydrogen (secondary N) is 2. The number of amides is 2. The molecule has 0 aromatic heterocycles. The molecule has 2 N–H and O–H groups in total. The van der Waals surface area contributed by atoms with Gasteiger partial charge in [0.25, 0.3) is 5.91 Å². The van der Waals surface area contributed by atoms with Crippen molar-refractivity contribution >= 4 is 17.5 Å². The summed E-state index contributed by atoms with van der Waals surface area (Å²) in [6.07, 6.45) is 8.43. The maximum atomic E-state index is 13.9. The second-order valence-electron chi connectivity index (χ2n) is 11.6. The number of nitrogens with zero attached hydrogens (tertiary/aromatic N) is 1. The lowest BCUT2D eigenvalue weighted by atomic mass is 9.77. The third-order valence-corrected chi connectivity index (χ3v) is 8.77. The van der Waals surface area contributed by atoms with E-state index >= 15 is 0 Å². The first kappa shape index (κ1) is 29.0. The molecule has 1 aliphatic heterocycles. The first-order valence-electron chi connectivity index (χ1n) is 14.6. The summed E-state index contributed by atoms with van der Waals surface area (Å²) in [6, 6.07) is 11.4. The highest BCUT2D eigenvalue weighted by atomic mass is 19.4. The van der Waals surface area contributed by atoms with E-state index in [9.17, 15) is 22.8 Å². The van der Waals surface area contributed by atoms with Gasteiger partial charge in [0, 0.05) is 35.5 Å². The Kier molecular flexibility index (Phi) is 8.57. The summed E-state index contributed by atoms with van der Waals surface area (Å²) in [4.78, 5) is 29.5. The molecule has 218 valence electrons. The number of likely N-dealkylation sites (tertiary alicyclic amines) is 1. The zero-order chi connectivity index (χ0) is 29.1. The van der Waals surface area contributed by atoms with Crippen molar-refractivity contribution in [1.29, 1.82) is 0 Å². The molecule has 5 rings (SSSR count). The number of halogens is 3. The lowest BCUT2D eigenvalue weighted by molar-refractivity contribution is -0.138. The van der Waals surface area contributed by atoms with Crippen molar-refractivity contribution < 1.29 is 22.8 Å². The van der Waals surface area contributed by atoms with Crippen LogP contribution in [0.15, 0.2) is 66.4 Å². The van der Waals surface area contributed by atoms with E-state index in [0.717, 1.165) is 30.2 Å². The van der Waals surface area contributed by atoms with Crippen LogP contribution in [0.3, 0.4) is 0 Å². The monoisotopic (exact) mass is 565 g/mol. The van der Waals surface area contributed by atoms with Crippen molar-refractivity contribution in [1.82, 2.24) is 10.2 Å². The molecule has 8 heteroatoms. The van der Waals surface area contributed by atoms with E-state index in [0.29, 0.717) is 37.4 Å². The summed E-state index contributed by atoms with van der Waals surface area (Å²) >= 11 is 0. The second-order valence-corrected chi connectivity index (χ2v) is 11.6. The highest BCUT2D eigenvalue weighted by Crippen LogP contribution is 2.37. The summed E-state index contributed by atoms with van der Waals surface area (Å²) in [5.41, 5.74) is 1.98. The van der Waals surface area contributed by atoms with E-state index in [-0.39, 0.29) is 29.0 Å². The number of carbonyl (C=O) groups excluding carboxylic acids is 2. The molecule has 0 bridgehead atoms. The minimum atomic E-state index is -4.52. The average Bonchev–Trinajstić information content (AvgIpc) is 3.46. The Morgan fingerprint density at radius 2 is 1.71 bits per heavy atom. The summed E-state index contributed by atoms with van der Waals surface area (Å²) in [5.74, 6) is -1.15. The van der Waals surface area contributed by atoms with Gasteiger partial charge in [-0.15, -0.1) is 0 Å². The Bertz CT molecular complexity index is 1340. The van der Waals surface area contributed by atoms with E-state index in [2.05, 4.69) is 28.9 Å². The number of alkyl halides is 3. The van der Waals surface area contributed by atoms with Gasteiger partial charge in [-0.05, 0) is 81.4 Å². The predicted molar refractivity (Wildman–Crippen MR) is 154 cm³/mol. The van der Waals surface area contributed by atoms with E-state index in [1.54, 1.807) is 0 Å². The number of benzene rings is 2. The highest BCUT2D eigenvalue weighted by molar-refractivity contribution is 5.98. The number of aryl methyl sites for hydroxylation is 2. The van der Waals surface area contributed by atoms with E-state index in [1.165, 1.54) is 31.9 Å². The molecule has 3 aliphatic rings. The zero-order valence-electron chi connectivity index (χ0n) is 23.6. The number of rotatable bonds is 6. The quantitative estimate of drug-likeness (QED) is 0.390.